The van der Waals surface area contributed by atoms with Crippen LogP contribution in [-0.4, -0.2) is 37.6 Å². The van der Waals surface area contributed by atoms with Crippen molar-refractivity contribution in [2.45, 2.75) is 37.6 Å². The molecule has 1 heterocycles. The van der Waals surface area contributed by atoms with Crippen molar-refractivity contribution in [3.05, 3.63) is 102 Å². The highest BCUT2D eigenvalue weighted by Crippen LogP contribution is 2.31. The zero-order valence-corrected chi connectivity index (χ0v) is 21.7. The second kappa shape index (κ2) is 11.5. The summed E-state index contributed by atoms with van der Waals surface area (Å²) in [6, 6.07) is 31.0. The summed E-state index contributed by atoms with van der Waals surface area (Å²) in [4.78, 5) is 20.4. The largest absolute Gasteiger partial charge is 0.377 e. The molecule has 1 aromatic heterocycles. The van der Waals surface area contributed by atoms with Crippen LogP contribution >= 0.6 is 0 Å². The molecule has 5 rings (SSSR count). The van der Waals surface area contributed by atoms with Crippen LogP contribution in [0.15, 0.2) is 91.0 Å². The number of aromatic nitrogens is 1. The van der Waals surface area contributed by atoms with Gasteiger partial charge in [-0.2, -0.15) is 0 Å². The molecule has 1 aliphatic rings. The van der Waals surface area contributed by atoms with Gasteiger partial charge in [-0.1, -0.05) is 78.9 Å². The summed E-state index contributed by atoms with van der Waals surface area (Å²) in [6.07, 6.45) is 4.33. The summed E-state index contributed by atoms with van der Waals surface area (Å²) in [7, 11) is 4.15. The molecule has 4 aromatic rings. The van der Waals surface area contributed by atoms with Gasteiger partial charge < -0.3 is 15.5 Å². The fourth-order valence-corrected chi connectivity index (χ4v) is 5.45. The number of fused-ring (bicyclic) bond motifs is 1. The first-order chi connectivity index (χ1) is 18.1. The molecule has 3 aromatic carbocycles. The van der Waals surface area contributed by atoms with Crippen LogP contribution in [0.4, 0.5) is 11.5 Å². The Balaban J connectivity index is 1.18. The molecule has 190 valence electrons. The molecule has 0 saturated heterocycles. The van der Waals surface area contributed by atoms with Crippen molar-refractivity contribution in [3.63, 3.8) is 0 Å². The van der Waals surface area contributed by atoms with Gasteiger partial charge in [0.25, 0.3) is 0 Å². The van der Waals surface area contributed by atoms with E-state index in [4.69, 9.17) is 4.98 Å². The molecule has 5 heteroatoms. The maximum Gasteiger partial charge on any atom is 0.232 e. The van der Waals surface area contributed by atoms with Gasteiger partial charge in [-0.05, 0) is 48.8 Å². The second-order valence-electron chi connectivity index (χ2n) is 10.3. The van der Waals surface area contributed by atoms with Crippen LogP contribution in [0.2, 0.25) is 0 Å². The predicted octanol–water partition coefficient (Wildman–Crippen LogP) is 6.22. The Morgan fingerprint density at radius 1 is 0.865 bits per heavy atom. The zero-order valence-electron chi connectivity index (χ0n) is 21.7. The highest BCUT2D eigenvalue weighted by atomic mass is 16.1. The van der Waals surface area contributed by atoms with E-state index in [9.17, 15) is 4.79 Å². The number of carbonyl (C=O) groups is 1. The van der Waals surface area contributed by atoms with Gasteiger partial charge in [0, 0.05) is 43.8 Å². The van der Waals surface area contributed by atoms with Crippen LogP contribution < -0.4 is 15.5 Å². The highest BCUT2D eigenvalue weighted by molar-refractivity contribution is 5.93. The molecule has 1 amide bonds. The molecule has 0 bridgehead atoms. The van der Waals surface area contributed by atoms with Crippen LogP contribution in [0.1, 0.15) is 42.7 Å². The first-order valence-corrected chi connectivity index (χ1v) is 13.3. The van der Waals surface area contributed by atoms with E-state index in [1.807, 2.05) is 66.7 Å². The van der Waals surface area contributed by atoms with Crippen molar-refractivity contribution in [3.8, 4) is 0 Å². The molecule has 1 saturated carbocycles. The van der Waals surface area contributed by atoms with Crippen LogP contribution in [0.25, 0.3) is 10.9 Å². The van der Waals surface area contributed by atoms with E-state index in [2.05, 4.69) is 53.9 Å². The molecule has 37 heavy (non-hydrogen) atoms. The normalized spacial score (nSPS) is 17.5. The Morgan fingerprint density at radius 2 is 1.46 bits per heavy atom. The number of hydrogen-bond acceptors (Lipinski definition) is 4. The summed E-state index contributed by atoms with van der Waals surface area (Å²) >= 11 is 0. The van der Waals surface area contributed by atoms with Crippen molar-refractivity contribution >= 4 is 28.3 Å². The smallest absolute Gasteiger partial charge is 0.232 e. The molecule has 1 fully saturated rings. The summed E-state index contributed by atoms with van der Waals surface area (Å²) in [6.45, 7) is 0.723. The standard InChI is InChI=1S/C32H36N4O/c1-36(2)29-21-30(35-28-16-10-9-15-27(28)29)34-26-19-17-23(18-20-26)22-33-32(37)31(24-11-5-3-6-12-24)25-13-7-4-8-14-25/h3-16,21,23,26,31H,17-20,22H2,1-2H3,(H,33,37)(H,34,35)/t23-,26+. The third-order valence-electron chi connectivity index (χ3n) is 7.47. The van der Waals surface area contributed by atoms with Crippen molar-refractivity contribution in [2.24, 2.45) is 5.92 Å². The molecule has 0 spiro atoms. The maximum absolute atomic E-state index is 13.4. The van der Waals surface area contributed by atoms with Gasteiger partial charge in [-0.3, -0.25) is 4.79 Å². The number of carbonyl (C=O) groups excluding carboxylic acids is 1. The minimum absolute atomic E-state index is 0.0780. The summed E-state index contributed by atoms with van der Waals surface area (Å²) in [5.41, 5.74) is 4.24. The second-order valence-corrected chi connectivity index (χ2v) is 10.3. The number of benzene rings is 3. The van der Waals surface area contributed by atoms with Crippen molar-refractivity contribution in [1.82, 2.24) is 10.3 Å². The molecule has 5 nitrogen and oxygen atoms in total. The van der Waals surface area contributed by atoms with E-state index in [1.165, 1.54) is 11.1 Å². The predicted molar refractivity (Wildman–Crippen MR) is 153 cm³/mol. The van der Waals surface area contributed by atoms with Crippen molar-refractivity contribution < 1.29 is 4.79 Å². The number of amides is 1. The van der Waals surface area contributed by atoms with Crippen molar-refractivity contribution in [2.75, 3.05) is 30.9 Å². The topological polar surface area (TPSA) is 57.3 Å². The lowest BCUT2D eigenvalue weighted by molar-refractivity contribution is -0.121. The van der Waals surface area contributed by atoms with E-state index in [0.29, 0.717) is 12.0 Å². The zero-order chi connectivity index (χ0) is 25.6. The minimum Gasteiger partial charge on any atom is -0.377 e. The number of para-hydroxylation sites is 1. The van der Waals surface area contributed by atoms with E-state index in [1.54, 1.807) is 0 Å². The SMILES string of the molecule is CN(C)c1cc(N[C@H]2CC[C@@H](CNC(=O)C(c3ccccc3)c3ccccc3)CC2)nc2ccccc12. The Labute approximate surface area is 219 Å². The van der Waals surface area contributed by atoms with Crippen molar-refractivity contribution in [1.29, 1.82) is 0 Å². The van der Waals surface area contributed by atoms with Gasteiger partial charge in [0.1, 0.15) is 5.82 Å². The number of anilines is 2. The van der Waals surface area contributed by atoms with E-state index >= 15 is 0 Å². The fraction of sp³-hybridized carbons (Fsp3) is 0.312. The number of nitrogens with one attached hydrogen (secondary N) is 2. The van der Waals surface area contributed by atoms with Gasteiger partial charge in [0.2, 0.25) is 5.91 Å². The molecule has 2 N–H and O–H groups in total. The Morgan fingerprint density at radius 3 is 2.08 bits per heavy atom. The Hall–Kier alpha value is -3.86. The molecule has 0 aliphatic heterocycles. The molecular formula is C32H36N4O. The quantitative estimate of drug-likeness (QED) is 0.307. The lowest BCUT2D eigenvalue weighted by Crippen LogP contribution is -2.36. The first kappa shape index (κ1) is 24.8. The van der Waals surface area contributed by atoms with Gasteiger partial charge in [0.05, 0.1) is 11.4 Å². The van der Waals surface area contributed by atoms with Crippen LogP contribution in [0, 0.1) is 5.92 Å². The van der Waals surface area contributed by atoms with Crippen LogP contribution in [0.5, 0.6) is 0 Å². The van der Waals surface area contributed by atoms with Gasteiger partial charge in [0.15, 0.2) is 0 Å². The molecule has 0 unspecified atom stereocenters. The fourth-order valence-electron chi connectivity index (χ4n) is 5.45. The molecule has 1 aliphatic carbocycles. The number of hydrogen-bond donors (Lipinski definition) is 2. The van der Waals surface area contributed by atoms with Gasteiger partial charge >= 0.3 is 0 Å². The van der Waals surface area contributed by atoms with Gasteiger partial charge in [-0.25, -0.2) is 4.98 Å². The molecular weight excluding hydrogens is 456 g/mol. The maximum atomic E-state index is 13.4. The third kappa shape index (κ3) is 5.93. The average molecular weight is 493 g/mol. The first-order valence-electron chi connectivity index (χ1n) is 13.3. The van der Waals surface area contributed by atoms with E-state index in [0.717, 1.165) is 54.7 Å². The summed E-state index contributed by atoms with van der Waals surface area (Å²) in [5, 5.41) is 8.13. The molecule has 0 atom stereocenters. The average Bonchev–Trinajstić information content (AvgIpc) is 2.93. The number of rotatable bonds is 8. The minimum atomic E-state index is -0.287. The Kier molecular flexibility index (Phi) is 7.69. The van der Waals surface area contributed by atoms with Crippen LogP contribution in [-0.2, 0) is 4.79 Å². The van der Waals surface area contributed by atoms with Gasteiger partial charge in [-0.15, -0.1) is 0 Å². The van der Waals surface area contributed by atoms with E-state index in [-0.39, 0.29) is 11.8 Å². The third-order valence-corrected chi connectivity index (χ3v) is 7.47. The highest BCUT2D eigenvalue weighted by Gasteiger charge is 2.26. The lowest BCUT2D eigenvalue weighted by Gasteiger charge is -2.30. The number of nitrogens with zero attached hydrogens (tertiary/aromatic N) is 2. The van der Waals surface area contributed by atoms with E-state index < -0.39 is 0 Å². The summed E-state index contributed by atoms with van der Waals surface area (Å²) in [5.74, 6) is 1.23. The monoisotopic (exact) mass is 492 g/mol. The van der Waals surface area contributed by atoms with Crippen LogP contribution in [0.3, 0.4) is 0 Å². The molecule has 0 radical (unpaired) electrons. The number of pyridine rings is 1. The summed E-state index contributed by atoms with van der Waals surface area (Å²) < 4.78 is 0. The Bertz CT molecular complexity index is 1280. The lowest BCUT2D eigenvalue weighted by atomic mass is 9.85.